The minimum absolute atomic E-state index is 0.00229. The van der Waals surface area contributed by atoms with Crippen molar-refractivity contribution in [2.75, 3.05) is 0 Å². The molecular formula is C15H20F2N2O. The Balaban J connectivity index is 1.80. The Bertz CT molecular complexity index is 498. The van der Waals surface area contributed by atoms with E-state index in [-0.39, 0.29) is 18.8 Å². The maximum Gasteiger partial charge on any atom is 0.248 e. The standard InChI is InChI=1S/C15H20F2N2O/c1-10(11-2-3-11)19-8-13(9-20)14(18-19)12-4-6-15(16,17)7-5-12/h8-12H,2-7H2,1H3. The highest BCUT2D eigenvalue weighted by atomic mass is 19.3. The van der Waals surface area contributed by atoms with Gasteiger partial charge in [-0.15, -0.1) is 0 Å². The van der Waals surface area contributed by atoms with E-state index in [1.807, 2.05) is 4.68 Å². The molecule has 0 aliphatic heterocycles. The van der Waals surface area contributed by atoms with Crippen LogP contribution in [-0.4, -0.2) is 22.0 Å². The first-order valence-corrected chi connectivity index (χ1v) is 7.42. The highest BCUT2D eigenvalue weighted by molar-refractivity contribution is 5.76. The molecule has 2 aliphatic rings. The third-order valence-electron chi connectivity index (χ3n) is 4.74. The zero-order valence-electron chi connectivity index (χ0n) is 11.7. The average molecular weight is 282 g/mol. The number of carbonyl (C=O) groups is 1. The van der Waals surface area contributed by atoms with Gasteiger partial charge in [0.2, 0.25) is 5.92 Å². The summed E-state index contributed by atoms with van der Waals surface area (Å²) in [6, 6.07) is 0.299. The number of hydrogen-bond donors (Lipinski definition) is 0. The monoisotopic (exact) mass is 282 g/mol. The average Bonchev–Trinajstić information content (AvgIpc) is 3.17. The number of aldehydes is 1. The van der Waals surface area contributed by atoms with E-state index in [1.54, 1.807) is 6.20 Å². The second kappa shape index (κ2) is 4.93. The van der Waals surface area contributed by atoms with Crippen LogP contribution in [0.4, 0.5) is 8.78 Å². The second-order valence-corrected chi connectivity index (χ2v) is 6.28. The molecule has 1 atom stereocenters. The van der Waals surface area contributed by atoms with Crippen LogP contribution in [0.5, 0.6) is 0 Å². The summed E-state index contributed by atoms with van der Waals surface area (Å²) in [7, 11) is 0. The van der Waals surface area contributed by atoms with Gasteiger partial charge >= 0.3 is 0 Å². The fourth-order valence-electron chi connectivity index (χ4n) is 3.14. The highest BCUT2D eigenvalue weighted by Gasteiger charge is 2.37. The van der Waals surface area contributed by atoms with Crippen molar-refractivity contribution in [1.82, 2.24) is 9.78 Å². The van der Waals surface area contributed by atoms with Crippen LogP contribution < -0.4 is 0 Å². The number of aromatic nitrogens is 2. The number of halogens is 2. The molecule has 0 amide bonds. The molecule has 2 aliphatic carbocycles. The Hall–Kier alpha value is -1.26. The van der Waals surface area contributed by atoms with E-state index < -0.39 is 5.92 Å². The Morgan fingerprint density at radius 3 is 2.55 bits per heavy atom. The van der Waals surface area contributed by atoms with Crippen molar-refractivity contribution in [3.8, 4) is 0 Å². The molecule has 1 unspecified atom stereocenters. The van der Waals surface area contributed by atoms with Crippen molar-refractivity contribution in [3.05, 3.63) is 17.5 Å². The Morgan fingerprint density at radius 1 is 1.35 bits per heavy atom. The lowest BCUT2D eigenvalue weighted by atomic mass is 9.84. The van der Waals surface area contributed by atoms with Gasteiger partial charge in [-0.2, -0.15) is 5.10 Å². The van der Waals surface area contributed by atoms with Crippen LogP contribution in [-0.2, 0) is 0 Å². The number of alkyl halides is 2. The molecule has 0 spiro atoms. The van der Waals surface area contributed by atoms with Gasteiger partial charge in [-0.3, -0.25) is 9.48 Å². The molecule has 5 heteroatoms. The Labute approximate surface area is 117 Å². The largest absolute Gasteiger partial charge is 0.298 e. The molecule has 2 saturated carbocycles. The summed E-state index contributed by atoms with van der Waals surface area (Å²) in [5.74, 6) is -1.89. The minimum Gasteiger partial charge on any atom is -0.298 e. The van der Waals surface area contributed by atoms with Gasteiger partial charge in [-0.1, -0.05) is 0 Å². The molecule has 0 radical (unpaired) electrons. The van der Waals surface area contributed by atoms with Crippen LogP contribution in [0.15, 0.2) is 6.20 Å². The van der Waals surface area contributed by atoms with Crippen molar-refractivity contribution >= 4 is 6.29 Å². The lowest BCUT2D eigenvalue weighted by Crippen LogP contribution is -2.24. The van der Waals surface area contributed by atoms with Crippen LogP contribution in [0.2, 0.25) is 0 Å². The van der Waals surface area contributed by atoms with E-state index in [0.29, 0.717) is 30.4 Å². The Morgan fingerprint density at radius 2 is 2.00 bits per heavy atom. The van der Waals surface area contributed by atoms with Crippen molar-refractivity contribution in [2.45, 2.75) is 63.3 Å². The zero-order chi connectivity index (χ0) is 14.3. The topological polar surface area (TPSA) is 34.9 Å². The number of rotatable bonds is 4. The second-order valence-electron chi connectivity index (χ2n) is 6.28. The maximum atomic E-state index is 13.2. The summed E-state index contributed by atoms with van der Waals surface area (Å²) < 4.78 is 28.3. The summed E-state index contributed by atoms with van der Waals surface area (Å²) in [4.78, 5) is 11.2. The molecule has 1 aromatic rings. The third kappa shape index (κ3) is 2.63. The Kier molecular flexibility index (Phi) is 3.38. The van der Waals surface area contributed by atoms with Gasteiger partial charge in [-0.25, -0.2) is 8.78 Å². The smallest absolute Gasteiger partial charge is 0.248 e. The summed E-state index contributed by atoms with van der Waals surface area (Å²) in [5, 5.41) is 4.55. The van der Waals surface area contributed by atoms with Crippen LogP contribution in [0, 0.1) is 5.92 Å². The van der Waals surface area contributed by atoms with Gasteiger partial charge in [0, 0.05) is 25.0 Å². The first kappa shape index (κ1) is 13.7. The number of nitrogens with zero attached hydrogens (tertiary/aromatic N) is 2. The zero-order valence-corrected chi connectivity index (χ0v) is 11.7. The van der Waals surface area contributed by atoms with Crippen LogP contribution in [0.3, 0.4) is 0 Å². The summed E-state index contributed by atoms with van der Waals surface area (Å²) in [6.45, 7) is 2.11. The predicted molar refractivity (Wildman–Crippen MR) is 71.2 cm³/mol. The normalized spacial score (nSPS) is 24.6. The molecule has 0 aromatic carbocycles. The minimum atomic E-state index is -2.54. The molecule has 20 heavy (non-hydrogen) atoms. The molecule has 1 aromatic heterocycles. The molecule has 3 nitrogen and oxygen atoms in total. The van der Waals surface area contributed by atoms with E-state index in [2.05, 4.69) is 12.0 Å². The lowest BCUT2D eigenvalue weighted by Gasteiger charge is -2.27. The van der Waals surface area contributed by atoms with E-state index in [4.69, 9.17) is 0 Å². The molecule has 0 N–H and O–H groups in total. The predicted octanol–water partition coefficient (Wildman–Crippen LogP) is 3.96. The number of carbonyl (C=O) groups excluding carboxylic acids is 1. The molecule has 0 saturated heterocycles. The quantitative estimate of drug-likeness (QED) is 0.783. The first-order valence-electron chi connectivity index (χ1n) is 7.42. The van der Waals surface area contributed by atoms with Gasteiger partial charge in [0.15, 0.2) is 6.29 Å². The molecular weight excluding hydrogens is 262 g/mol. The van der Waals surface area contributed by atoms with Crippen molar-refractivity contribution in [3.63, 3.8) is 0 Å². The summed E-state index contributed by atoms with van der Waals surface area (Å²) in [5.41, 5.74) is 1.30. The molecule has 0 bridgehead atoms. The summed E-state index contributed by atoms with van der Waals surface area (Å²) >= 11 is 0. The third-order valence-corrected chi connectivity index (χ3v) is 4.74. The van der Waals surface area contributed by atoms with Gasteiger partial charge < -0.3 is 0 Å². The molecule has 1 heterocycles. The molecule has 110 valence electrons. The molecule has 3 rings (SSSR count). The molecule has 2 fully saturated rings. The van der Waals surface area contributed by atoms with Gasteiger partial charge in [0.1, 0.15) is 0 Å². The maximum absolute atomic E-state index is 13.2. The highest BCUT2D eigenvalue weighted by Crippen LogP contribution is 2.42. The van der Waals surface area contributed by atoms with Crippen LogP contribution >= 0.6 is 0 Å². The van der Waals surface area contributed by atoms with Crippen molar-refractivity contribution in [2.24, 2.45) is 5.92 Å². The summed E-state index contributed by atoms with van der Waals surface area (Å²) in [6.07, 6.45) is 5.67. The fourth-order valence-corrected chi connectivity index (χ4v) is 3.14. The SMILES string of the molecule is CC(C1CC1)n1cc(C=O)c(C2CCC(F)(F)CC2)n1. The van der Waals surface area contributed by atoms with E-state index in [9.17, 15) is 13.6 Å². The number of hydrogen-bond acceptors (Lipinski definition) is 2. The van der Waals surface area contributed by atoms with Gasteiger partial charge in [-0.05, 0) is 38.5 Å². The van der Waals surface area contributed by atoms with Crippen LogP contribution in [0.1, 0.15) is 73.5 Å². The van der Waals surface area contributed by atoms with E-state index in [1.165, 1.54) is 12.8 Å². The lowest BCUT2D eigenvalue weighted by molar-refractivity contribution is -0.0385. The van der Waals surface area contributed by atoms with Crippen molar-refractivity contribution in [1.29, 1.82) is 0 Å². The first-order chi connectivity index (χ1) is 9.50. The van der Waals surface area contributed by atoms with Crippen LogP contribution in [0.25, 0.3) is 0 Å². The van der Waals surface area contributed by atoms with Gasteiger partial charge in [0.25, 0.3) is 0 Å². The fraction of sp³-hybridized carbons (Fsp3) is 0.733. The van der Waals surface area contributed by atoms with E-state index >= 15 is 0 Å². The van der Waals surface area contributed by atoms with E-state index in [0.717, 1.165) is 12.0 Å². The van der Waals surface area contributed by atoms with Gasteiger partial charge in [0.05, 0.1) is 17.3 Å². The van der Waals surface area contributed by atoms with Crippen molar-refractivity contribution < 1.29 is 13.6 Å².